The van der Waals surface area contributed by atoms with Gasteiger partial charge in [0.1, 0.15) is 5.69 Å². The highest BCUT2D eigenvalue weighted by molar-refractivity contribution is 5.92. The molecule has 4 heterocycles. The van der Waals surface area contributed by atoms with E-state index in [-0.39, 0.29) is 11.5 Å². The van der Waals surface area contributed by atoms with Crippen LogP contribution in [-0.2, 0) is 25.7 Å². The zero-order valence-electron chi connectivity index (χ0n) is 23.8. The summed E-state index contributed by atoms with van der Waals surface area (Å²) in [5.74, 6) is -8.25. The molecule has 2 fully saturated rings. The molecule has 4 rings (SSSR count). The molecular formula is C26H27F9N4O8. The van der Waals surface area contributed by atoms with Gasteiger partial charge in [0.2, 0.25) is 0 Å². The number of pyridine rings is 2. The highest BCUT2D eigenvalue weighted by Gasteiger charge is 2.41. The minimum Gasteiger partial charge on any atom is -0.475 e. The second-order valence-electron chi connectivity index (χ2n) is 9.52. The molecule has 0 bridgehead atoms. The number of morpholine rings is 1. The number of hydrogen-bond donors (Lipinski definition) is 3. The van der Waals surface area contributed by atoms with Gasteiger partial charge in [0, 0.05) is 51.3 Å². The maximum absolute atomic E-state index is 12.6. The smallest absolute Gasteiger partial charge is 0.475 e. The molecule has 1 amide bonds. The third kappa shape index (κ3) is 15.1. The molecule has 12 nitrogen and oxygen atoms in total. The van der Waals surface area contributed by atoms with E-state index < -0.39 is 36.4 Å². The normalized spacial score (nSPS) is 16.2. The van der Waals surface area contributed by atoms with Crippen molar-refractivity contribution < 1.29 is 78.7 Å². The molecule has 2 aliphatic rings. The molecule has 21 heteroatoms. The molecule has 47 heavy (non-hydrogen) atoms. The van der Waals surface area contributed by atoms with Gasteiger partial charge in [-0.25, -0.2) is 14.4 Å². The summed E-state index contributed by atoms with van der Waals surface area (Å²) < 4.78 is 101. The molecule has 2 saturated heterocycles. The fourth-order valence-corrected chi connectivity index (χ4v) is 3.88. The van der Waals surface area contributed by atoms with Crippen molar-refractivity contribution in [3.63, 3.8) is 0 Å². The highest BCUT2D eigenvalue weighted by atomic mass is 19.4. The Balaban J connectivity index is 0.000000430. The van der Waals surface area contributed by atoms with Crippen molar-refractivity contribution in [2.45, 2.75) is 43.5 Å². The maximum Gasteiger partial charge on any atom is 0.490 e. The lowest BCUT2D eigenvalue weighted by Crippen LogP contribution is -2.57. The molecule has 3 N–H and O–H groups in total. The first-order valence-electron chi connectivity index (χ1n) is 12.9. The summed E-state index contributed by atoms with van der Waals surface area (Å²) in [6.07, 6.45) is -8.11. The number of piperidine rings is 1. The predicted octanol–water partition coefficient (Wildman–Crippen LogP) is 3.88. The molecule has 0 saturated carbocycles. The monoisotopic (exact) mass is 694 g/mol. The van der Waals surface area contributed by atoms with Crippen molar-refractivity contribution in [1.82, 2.24) is 19.8 Å². The molecule has 0 aromatic carbocycles. The van der Waals surface area contributed by atoms with Crippen LogP contribution in [0.1, 0.15) is 28.9 Å². The van der Waals surface area contributed by atoms with Crippen molar-refractivity contribution in [1.29, 1.82) is 0 Å². The number of ether oxygens (including phenoxy) is 1. The van der Waals surface area contributed by atoms with Crippen LogP contribution >= 0.6 is 0 Å². The van der Waals surface area contributed by atoms with Gasteiger partial charge in [0.15, 0.2) is 0 Å². The van der Waals surface area contributed by atoms with Gasteiger partial charge in [-0.1, -0.05) is 12.1 Å². The molecule has 0 atom stereocenters. The second kappa shape index (κ2) is 17.4. The Morgan fingerprint density at radius 2 is 1.28 bits per heavy atom. The van der Waals surface area contributed by atoms with Gasteiger partial charge in [-0.15, -0.1) is 0 Å². The van der Waals surface area contributed by atoms with E-state index in [0.29, 0.717) is 5.69 Å². The number of aromatic nitrogens is 2. The number of amides is 1. The van der Waals surface area contributed by atoms with Crippen LogP contribution in [0.3, 0.4) is 0 Å². The quantitative estimate of drug-likeness (QED) is 0.399. The van der Waals surface area contributed by atoms with Crippen LogP contribution in [0.25, 0.3) is 0 Å². The molecule has 2 aromatic heterocycles. The van der Waals surface area contributed by atoms with Crippen LogP contribution in [0.15, 0.2) is 48.9 Å². The van der Waals surface area contributed by atoms with E-state index in [1.54, 1.807) is 18.5 Å². The summed E-state index contributed by atoms with van der Waals surface area (Å²) in [4.78, 5) is 52.0. The van der Waals surface area contributed by atoms with Gasteiger partial charge < -0.3 is 25.0 Å². The summed E-state index contributed by atoms with van der Waals surface area (Å²) in [6.45, 7) is 4.93. The number of halogens is 9. The summed E-state index contributed by atoms with van der Waals surface area (Å²) in [7, 11) is 0. The van der Waals surface area contributed by atoms with Gasteiger partial charge in [-0.05, 0) is 36.6 Å². The first kappa shape index (κ1) is 40.5. The minimum absolute atomic E-state index is 0.0171. The Morgan fingerprint density at radius 3 is 1.68 bits per heavy atom. The molecule has 262 valence electrons. The summed E-state index contributed by atoms with van der Waals surface area (Å²) in [5, 5.41) is 21.4. The van der Waals surface area contributed by atoms with Crippen LogP contribution in [0.2, 0.25) is 0 Å². The number of nitrogens with zero attached hydrogens (tertiary/aromatic N) is 4. The van der Waals surface area contributed by atoms with E-state index in [0.717, 1.165) is 52.2 Å². The molecule has 0 unspecified atom stereocenters. The lowest BCUT2D eigenvalue weighted by atomic mass is 9.89. The largest absolute Gasteiger partial charge is 0.490 e. The van der Waals surface area contributed by atoms with E-state index in [1.807, 2.05) is 29.3 Å². The third-order valence-electron chi connectivity index (χ3n) is 6.03. The summed E-state index contributed by atoms with van der Waals surface area (Å²) in [6, 6.07) is 9.55. The number of carboxylic acids is 3. The van der Waals surface area contributed by atoms with Crippen LogP contribution in [0.4, 0.5) is 39.5 Å². The number of aliphatic carboxylic acids is 3. The van der Waals surface area contributed by atoms with E-state index in [2.05, 4.69) is 20.9 Å². The summed E-state index contributed by atoms with van der Waals surface area (Å²) in [5.41, 5.74) is 1.61. The number of alkyl halides is 9. The Morgan fingerprint density at radius 1 is 0.766 bits per heavy atom. The topological polar surface area (TPSA) is 170 Å². The van der Waals surface area contributed by atoms with E-state index in [1.165, 1.54) is 5.56 Å². The fourth-order valence-electron chi connectivity index (χ4n) is 3.88. The number of carbonyl (C=O) groups is 4. The van der Waals surface area contributed by atoms with Crippen LogP contribution < -0.4 is 0 Å². The second-order valence-corrected chi connectivity index (χ2v) is 9.52. The Labute approximate surface area is 259 Å². The van der Waals surface area contributed by atoms with Crippen molar-refractivity contribution in [2.75, 3.05) is 32.8 Å². The Kier molecular flexibility index (Phi) is 15.0. The van der Waals surface area contributed by atoms with Gasteiger partial charge in [-0.3, -0.25) is 19.7 Å². The zero-order chi connectivity index (χ0) is 36.1. The first-order chi connectivity index (χ1) is 21.6. The molecule has 0 radical (unpaired) electrons. The van der Waals surface area contributed by atoms with Crippen LogP contribution in [-0.4, -0.2) is 116 Å². The molecule has 1 spiro atoms. The number of carboxylic acid groups (broad SMARTS) is 3. The van der Waals surface area contributed by atoms with Crippen LogP contribution in [0.5, 0.6) is 0 Å². The van der Waals surface area contributed by atoms with Gasteiger partial charge in [0.25, 0.3) is 5.91 Å². The van der Waals surface area contributed by atoms with Crippen LogP contribution in [0, 0.1) is 0 Å². The number of carbonyl (C=O) groups excluding carboxylic acids is 1. The van der Waals surface area contributed by atoms with E-state index in [9.17, 15) is 44.3 Å². The SMILES string of the molecule is O=C(O)C(F)(F)F.O=C(O)C(F)(F)F.O=C(O)C(F)(F)F.O=C(c1ccccn1)N1CCC2(CC1)CN(Cc1cccnc1)CCO2. The molecular weight excluding hydrogens is 667 g/mol. The van der Waals surface area contributed by atoms with Crippen molar-refractivity contribution in [2.24, 2.45) is 0 Å². The Bertz CT molecular complexity index is 1250. The van der Waals surface area contributed by atoms with Gasteiger partial charge >= 0.3 is 36.4 Å². The van der Waals surface area contributed by atoms with Gasteiger partial charge in [-0.2, -0.15) is 39.5 Å². The summed E-state index contributed by atoms with van der Waals surface area (Å²) >= 11 is 0. The van der Waals surface area contributed by atoms with Crippen molar-refractivity contribution >= 4 is 23.8 Å². The van der Waals surface area contributed by atoms with Crippen molar-refractivity contribution in [3.05, 3.63) is 60.2 Å². The highest BCUT2D eigenvalue weighted by Crippen LogP contribution is 2.31. The number of likely N-dealkylation sites (tertiary alicyclic amines) is 1. The molecule has 2 aromatic rings. The van der Waals surface area contributed by atoms with E-state index in [4.69, 9.17) is 34.4 Å². The van der Waals surface area contributed by atoms with Crippen molar-refractivity contribution in [3.8, 4) is 0 Å². The average molecular weight is 695 g/mol. The zero-order valence-corrected chi connectivity index (χ0v) is 23.8. The van der Waals surface area contributed by atoms with Gasteiger partial charge in [0.05, 0.1) is 12.2 Å². The standard InChI is InChI=1S/C20H24N4O2.3C2HF3O2/c25-19(18-5-1-2-9-22-18)24-10-6-20(7-11-24)16-23(12-13-26-20)15-17-4-3-8-21-14-17;3*3-2(4,5)1(6)7/h1-5,8-9,14H,6-7,10-13,15-16H2;3*(H,6,7). The number of hydrogen-bond acceptors (Lipinski definition) is 8. The fraction of sp³-hybridized carbons (Fsp3) is 0.462. The molecule has 2 aliphatic heterocycles. The lowest BCUT2D eigenvalue weighted by Gasteiger charge is -2.47. The third-order valence-corrected chi connectivity index (χ3v) is 6.03. The predicted molar refractivity (Wildman–Crippen MR) is 139 cm³/mol. The van der Waals surface area contributed by atoms with E-state index >= 15 is 0 Å². The first-order valence-corrected chi connectivity index (χ1v) is 12.9. The number of rotatable bonds is 3. The average Bonchev–Trinajstić information content (AvgIpc) is 2.98. The minimum atomic E-state index is -5.08. The molecule has 0 aliphatic carbocycles. The lowest BCUT2D eigenvalue weighted by molar-refractivity contribution is -0.193. The maximum atomic E-state index is 12.6. The Hall–Kier alpha value is -4.53.